The second-order valence-corrected chi connectivity index (χ2v) is 4.03. The van der Waals surface area contributed by atoms with E-state index in [0.717, 1.165) is 0 Å². The summed E-state index contributed by atoms with van der Waals surface area (Å²) >= 11 is 17.6. The van der Waals surface area contributed by atoms with Crippen molar-refractivity contribution in [1.29, 1.82) is 0 Å². The normalized spacial score (nSPS) is 10.6. The van der Waals surface area contributed by atoms with Gasteiger partial charge in [0.05, 0.1) is 27.0 Å². The van der Waals surface area contributed by atoms with Crippen LogP contribution in [-0.4, -0.2) is 15.0 Å². The molecule has 2 aromatic rings. The zero-order valence-corrected chi connectivity index (χ0v) is 9.55. The molecular formula is C8H5Cl3N4. The molecule has 7 heteroatoms. The maximum Gasteiger partial charge on any atom is 0.166 e. The molecule has 2 rings (SSSR count). The number of nitrogens with zero attached hydrogens (tertiary/aromatic N) is 3. The first-order valence-electron chi connectivity index (χ1n) is 3.90. The van der Waals surface area contributed by atoms with Crippen LogP contribution in [0.4, 0.5) is 5.82 Å². The summed E-state index contributed by atoms with van der Waals surface area (Å²) in [6.45, 7) is 0. The Balaban J connectivity index is 2.58. The second kappa shape index (κ2) is 3.89. The minimum absolute atomic E-state index is 0.303. The quantitative estimate of drug-likeness (QED) is 0.805. The molecule has 0 bridgehead atoms. The first-order valence-corrected chi connectivity index (χ1v) is 5.04. The van der Waals surface area contributed by atoms with Crippen molar-refractivity contribution >= 4 is 40.6 Å². The van der Waals surface area contributed by atoms with Crippen LogP contribution in [0, 0.1) is 0 Å². The van der Waals surface area contributed by atoms with E-state index in [1.54, 1.807) is 12.1 Å². The second-order valence-electron chi connectivity index (χ2n) is 2.81. The van der Waals surface area contributed by atoms with Crippen molar-refractivity contribution < 1.29 is 0 Å². The van der Waals surface area contributed by atoms with E-state index in [2.05, 4.69) is 10.3 Å². The first-order chi connectivity index (χ1) is 7.08. The largest absolute Gasteiger partial charge is 0.381 e. The van der Waals surface area contributed by atoms with E-state index < -0.39 is 0 Å². The third-order valence-corrected chi connectivity index (χ3v) is 2.77. The van der Waals surface area contributed by atoms with Crippen LogP contribution in [0.15, 0.2) is 18.3 Å². The average molecular weight is 264 g/mol. The van der Waals surface area contributed by atoms with Gasteiger partial charge in [-0.2, -0.15) is 0 Å². The van der Waals surface area contributed by atoms with Gasteiger partial charge < -0.3 is 5.73 Å². The molecule has 0 aliphatic heterocycles. The van der Waals surface area contributed by atoms with Crippen molar-refractivity contribution in [2.45, 2.75) is 0 Å². The van der Waals surface area contributed by atoms with E-state index in [1.807, 2.05) is 0 Å². The predicted molar refractivity (Wildman–Crippen MR) is 60.8 cm³/mol. The highest BCUT2D eigenvalue weighted by Gasteiger charge is 2.09. The fraction of sp³-hybridized carbons (Fsp3) is 0. The molecule has 0 atom stereocenters. The number of anilines is 1. The highest BCUT2D eigenvalue weighted by atomic mass is 35.5. The molecule has 4 nitrogen and oxygen atoms in total. The van der Waals surface area contributed by atoms with Crippen LogP contribution in [-0.2, 0) is 0 Å². The first kappa shape index (κ1) is 10.5. The number of rotatable bonds is 1. The molecule has 0 amide bonds. The molecule has 1 aromatic carbocycles. The number of hydrogen-bond donors (Lipinski definition) is 1. The number of aromatic nitrogens is 3. The monoisotopic (exact) mass is 262 g/mol. The zero-order chi connectivity index (χ0) is 11.0. The molecule has 0 fully saturated rings. The van der Waals surface area contributed by atoms with Gasteiger partial charge in [-0.3, -0.25) is 0 Å². The molecule has 78 valence electrons. The average Bonchev–Trinajstić information content (AvgIpc) is 2.58. The molecule has 0 aliphatic carbocycles. The molecule has 2 N–H and O–H groups in total. The molecule has 1 aromatic heterocycles. The lowest BCUT2D eigenvalue weighted by Crippen LogP contribution is -1.96. The Hall–Kier alpha value is -0.970. The van der Waals surface area contributed by atoms with Crippen LogP contribution in [0.5, 0.6) is 0 Å². The summed E-state index contributed by atoms with van der Waals surface area (Å²) in [5, 5.41) is 8.62. The summed E-state index contributed by atoms with van der Waals surface area (Å²) in [4.78, 5) is 0. The van der Waals surface area contributed by atoms with E-state index in [9.17, 15) is 0 Å². The molecule has 0 saturated heterocycles. The van der Waals surface area contributed by atoms with Gasteiger partial charge in [-0.1, -0.05) is 40.0 Å². The van der Waals surface area contributed by atoms with Crippen LogP contribution < -0.4 is 5.73 Å². The Labute approximate surface area is 101 Å². The molecule has 15 heavy (non-hydrogen) atoms. The van der Waals surface area contributed by atoms with Crippen LogP contribution >= 0.6 is 34.8 Å². The number of hydrogen-bond acceptors (Lipinski definition) is 3. The molecule has 0 saturated carbocycles. The van der Waals surface area contributed by atoms with E-state index in [0.29, 0.717) is 26.6 Å². The van der Waals surface area contributed by atoms with Crippen LogP contribution in [0.1, 0.15) is 0 Å². The minimum Gasteiger partial charge on any atom is -0.381 e. The lowest BCUT2D eigenvalue weighted by Gasteiger charge is -2.04. The molecule has 1 heterocycles. The number of nitrogens with two attached hydrogens (primary N) is 1. The van der Waals surface area contributed by atoms with Crippen LogP contribution in [0.3, 0.4) is 0 Å². The van der Waals surface area contributed by atoms with Crippen molar-refractivity contribution in [3.05, 3.63) is 33.4 Å². The standard InChI is InChI=1S/C8H5Cl3N4/c9-4-1-6(11)7(2-5(4)10)15-3-8(12)13-14-15/h1-3H,12H2. The summed E-state index contributed by atoms with van der Waals surface area (Å²) in [5.41, 5.74) is 6.02. The summed E-state index contributed by atoms with van der Waals surface area (Å²) < 4.78 is 1.43. The van der Waals surface area contributed by atoms with Gasteiger partial charge in [-0.25, -0.2) is 4.68 Å². The summed E-state index contributed by atoms with van der Waals surface area (Å²) in [5.74, 6) is 0.303. The fourth-order valence-corrected chi connectivity index (χ4v) is 1.71. The SMILES string of the molecule is Nc1cn(-c2cc(Cl)c(Cl)cc2Cl)nn1. The third-order valence-electron chi connectivity index (χ3n) is 1.75. The summed E-state index contributed by atoms with van der Waals surface area (Å²) in [7, 11) is 0. The molecule has 0 aliphatic rings. The van der Waals surface area contributed by atoms with E-state index in [4.69, 9.17) is 40.5 Å². The Morgan fingerprint density at radius 3 is 2.33 bits per heavy atom. The van der Waals surface area contributed by atoms with Crippen molar-refractivity contribution in [2.75, 3.05) is 5.73 Å². The lowest BCUT2D eigenvalue weighted by atomic mass is 10.3. The fourth-order valence-electron chi connectivity index (χ4n) is 1.08. The van der Waals surface area contributed by atoms with Gasteiger partial charge in [0.15, 0.2) is 5.82 Å². The van der Waals surface area contributed by atoms with Gasteiger partial charge in [-0.15, -0.1) is 5.10 Å². The Morgan fingerprint density at radius 2 is 1.73 bits per heavy atom. The predicted octanol–water partition coefficient (Wildman–Crippen LogP) is 2.81. The number of halogens is 3. The molecular weight excluding hydrogens is 258 g/mol. The smallest absolute Gasteiger partial charge is 0.166 e. The van der Waals surface area contributed by atoms with Gasteiger partial charge in [0.1, 0.15) is 0 Å². The molecule has 0 unspecified atom stereocenters. The molecule has 0 radical (unpaired) electrons. The highest BCUT2D eigenvalue weighted by molar-refractivity contribution is 6.43. The minimum atomic E-state index is 0.303. The Bertz CT molecular complexity index is 509. The van der Waals surface area contributed by atoms with Gasteiger partial charge in [0.2, 0.25) is 0 Å². The zero-order valence-electron chi connectivity index (χ0n) is 7.28. The lowest BCUT2D eigenvalue weighted by molar-refractivity contribution is 0.804. The van der Waals surface area contributed by atoms with Gasteiger partial charge >= 0.3 is 0 Å². The maximum absolute atomic E-state index is 5.97. The number of nitrogen functional groups attached to an aromatic ring is 1. The van der Waals surface area contributed by atoms with Crippen molar-refractivity contribution in [3.63, 3.8) is 0 Å². The van der Waals surface area contributed by atoms with Crippen molar-refractivity contribution in [1.82, 2.24) is 15.0 Å². The topological polar surface area (TPSA) is 56.7 Å². The van der Waals surface area contributed by atoms with Crippen LogP contribution in [0.25, 0.3) is 5.69 Å². The highest BCUT2D eigenvalue weighted by Crippen LogP contribution is 2.30. The number of benzene rings is 1. The van der Waals surface area contributed by atoms with Crippen LogP contribution in [0.2, 0.25) is 15.1 Å². The van der Waals surface area contributed by atoms with Crippen molar-refractivity contribution in [2.24, 2.45) is 0 Å². The van der Waals surface area contributed by atoms with E-state index in [-0.39, 0.29) is 0 Å². The van der Waals surface area contributed by atoms with Gasteiger partial charge in [-0.05, 0) is 12.1 Å². The Morgan fingerprint density at radius 1 is 1.07 bits per heavy atom. The van der Waals surface area contributed by atoms with Gasteiger partial charge in [0, 0.05) is 0 Å². The van der Waals surface area contributed by atoms with E-state index >= 15 is 0 Å². The molecule has 0 spiro atoms. The third kappa shape index (κ3) is 2.02. The maximum atomic E-state index is 5.97. The Kier molecular flexibility index (Phi) is 2.73. The summed E-state index contributed by atoms with van der Waals surface area (Å²) in [6, 6.07) is 3.14. The van der Waals surface area contributed by atoms with Crippen molar-refractivity contribution in [3.8, 4) is 5.69 Å². The van der Waals surface area contributed by atoms with E-state index in [1.165, 1.54) is 10.9 Å². The van der Waals surface area contributed by atoms with Gasteiger partial charge in [0.25, 0.3) is 0 Å². The summed E-state index contributed by atoms with van der Waals surface area (Å²) in [6.07, 6.45) is 1.53.